The molecule has 202 valence electrons. The summed E-state index contributed by atoms with van der Waals surface area (Å²) < 4.78 is 7.44. The molecule has 4 heterocycles. The number of hydrogen-bond donors (Lipinski definition) is 0. The molecule has 0 amide bonds. The number of rotatable bonds is 10. The zero-order valence-corrected chi connectivity index (χ0v) is 23.6. The van der Waals surface area contributed by atoms with Crippen LogP contribution in [0, 0.1) is 28.6 Å². The third kappa shape index (κ3) is 5.83. The molecule has 3 aromatic rings. The fourth-order valence-electron chi connectivity index (χ4n) is 5.55. The van der Waals surface area contributed by atoms with Gasteiger partial charge in [-0.1, -0.05) is 20.8 Å². The van der Waals surface area contributed by atoms with Crippen LogP contribution in [-0.2, 0) is 4.79 Å². The normalized spacial score (nSPS) is 16.1. The van der Waals surface area contributed by atoms with E-state index in [0.717, 1.165) is 54.9 Å². The Kier molecular flexibility index (Phi) is 8.37. The number of nitriles is 1. The molecule has 1 unspecified atom stereocenters. The minimum atomic E-state index is 0.00119. The Labute approximate surface area is 226 Å². The van der Waals surface area contributed by atoms with E-state index in [1.807, 2.05) is 25.3 Å². The molecule has 0 aromatic carbocycles. The molecule has 1 aliphatic heterocycles. The van der Waals surface area contributed by atoms with Crippen LogP contribution in [0.3, 0.4) is 0 Å². The quantitative estimate of drug-likeness (QED) is 0.372. The van der Waals surface area contributed by atoms with Crippen molar-refractivity contribution in [1.82, 2.24) is 19.5 Å². The lowest BCUT2D eigenvalue weighted by molar-refractivity contribution is -0.126. The first-order valence-electron chi connectivity index (χ1n) is 13.6. The van der Waals surface area contributed by atoms with E-state index in [9.17, 15) is 10.1 Å². The minimum Gasteiger partial charge on any atom is -0.492 e. The summed E-state index contributed by atoms with van der Waals surface area (Å²) in [5.41, 5.74) is 3.04. The topological polar surface area (TPSA) is 86.8 Å². The first kappa shape index (κ1) is 27.6. The predicted octanol–water partition coefficient (Wildman–Crippen LogP) is 5.07. The van der Waals surface area contributed by atoms with Gasteiger partial charge in [0.2, 0.25) is 0 Å². The largest absolute Gasteiger partial charge is 0.492 e. The van der Waals surface area contributed by atoms with E-state index in [1.54, 1.807) is 16.9 Å². The maximum atomic E-state index is 13.1. The summed E-state index contributed by atoms with van der Waals surface area (Å²) >= 11 is 0. The SMILES string of the molecule is CCOc1cc(-c2ccc(N3CCC(CC(=O)C(C)C(C)C)(CN(C)C)CC3)nc2)c2c(C#N)cnn2c1. The molecular formula is C30H40N6O2. The molecule has 4 rings (SSSR count). The Bertz CT molecular complexity index is 1300. The molecule has 1 aliphatic rings. The highest BCUT2D eigenvalue weighted by Gasteiger charge is 2.38. The molecule has 1 fully saturated rings. The van der Waals surface area contributed by atoms with Crippen LogP contribution in [0.25, 0.3) is 16.6 Å². The number of carbonyl (C=O) groups is 1. The van der Waals surface area contributed by atoms with E-state index in [2.05, 4.69) is 61.9 Å². The van der Waals surface area contributed by atoms with Crippen molar-refractivity contribution in [2.24, 2.45) is 17.3 Å². The summed E-state index contributed by atoms with van der Waals surface area (Å²) in [5, 5.41) is 14.0. The Balaban J connectivity index is 1.54. The standard InChI is InChI=1S/C30H40N6O2/c1-7-38-25-14-26(29-24(16-31)18-33-36(29)19-25)23-8-9-28(32-17-23)35-12-10-30(11-13-35,20-34(5)6)15-27(37)22(4)21(2)3/h8-9,14,17-19,21-22H,7,10-13,15,20H2,1-6H3. The Morgan fingerprint density at radius 2 is 1.95 bits per heavy atom. The van der Waals surface area contributed by atoms with Gasteiger partial charge in [0.15, 0.2) is 0 Å². The van der Waals surface area contributed by atoms with Gasteiger partial charge in [0.05, 0.1) is 30.1 Å². The zero-order valence-electron chi connectivity index (χ0n) is 23.6. The molecule has 38 heavy (non-hydrogen) atoms. The van der Waals surface area contributed by atoms with Crippen LogP contribution in [0.5, 0.6) is 5.75 Å². The maximum Gasteiger partial charge on any atom is 0.138 e. The molecule has 3 aromatic heterocycles. The van der Waals surface area contributed by atoms with Crippen molar-refractivity contribution in [3.63, 3.8) is 0 Å². The minimum absolute atomic E-state index is 0.00119. The monoisotopic (exact) mass is 516 g/mol. The molecule has 0 radical (unpaired) electrons. The average molecular weight is 517 g/mol. The van der Waals surface area contributed by atoms with Gasteiger partial charge in [-0.2, -0.15) is 10.4 Å². The molecule has 1 atom stereocenters. The first-order chi connectivity index (χ1) is 18.2. The summed E-state index contributed by atoms with van der Waals surface area (Å²) in [7, 11) is 4.20. The summed E-state index contributed by atoms with van der Waals surface area (Å²) in [6, 6.07) is 8.29. The number of nitrogens with zero attached hydrogens (tertiary/aromatic N) is 6. The van der Waals surface area contributed by atoms with Gasteiger partial charge in [-0.05, 0) is 63.4 Å². The number of pyridine rings is 2. The van der Waals surface area contributed by atoms with Crippen LogP contribution >= 0.6 is 0 Å². The molecule has 0 N–H and O–H groups in total. The third-order valence-corrected chi connectivity index (χ3v) is 7.93. The van der Waals surface area contributed by atoms with Gasteiger partial charge in [0, 0.05) is 49.3 Å². The molecular weight excluding hydrogens is 476 g/mol. The Morgan fingerprint density at radius 1 is 1.21 bits per heavy atom. The zero-order chi connectivity index (χ0) is 27.4. The van der Waals surface area contributed by atoms with Gasteiger partial charge in [-0.15, -0.1) is 0 Å². The number of carbonyl (C=O) groups excluding carboxylic acids is 1. The Morgan fingerprint density at radius 3 is 2.53 bits per heavy atom. The summed E-state index contributed by atoms with van der Waals surface area (Å²) in [4.78, 5) is 22.4. The van der Waals surface area contributed by atoms with Gasteiger partial charge < -0.3 is 14.5 Å². The van der Waals surface area contributed by atoms with Crippen molar-refractivity contribution in [1.29, 1.82) is 5.26 Å². The van der Waals surface area contributed by atoms with Crippen molar-refractivity contribution < 1.29 is 9.53 Å². The molecule has 8 nitrogen and oxygen atoms in total. The molecule has 0 saturated carbocycles. The number of ketones is 1. The highest BCUT2D eigenvalue weighted by molar-refractivity contribution is 5.85. The van der Waals surface area contributed by atoms with E-state index in [1.165, 1.54) is 0 Å². The second-order valence-corrected chi connectivity index (χ2v) is 11.3. The lowest BCUT2D eigenvalue weighted by atomic mass is 9.72. The second kappa shape index (κ2) is 11.5. The highest BCUT2D eigenvalue weighted by Crippen LogP contribution is 2.39. The fraction of sp³-hybridized carbons (Fsp3) is 0.533. The second-order valence-electron chi connectivity index (χ2n) is 11.3. The maximum absolute atomic E-state index is 13.1. The van der Waals surface area contributed by atoms with Crippen LogP contribution in [-0.4, -0.2) is 65.6 Å². The van der Waals surface area contributed by atoms with E-state index in [0.29, 0.717) is 36.0 Å². The first-order valence-corrected chi connectivity index (χ1v) is 13.6. The number of fused-ring (bicyclic) bond motifs is 1. The van der Waals surface area contributed by atoms with Gasteiger partial charge >= 0.3 is 0 Å². The van der Waals surface area contributed by atoms with Gasteiger partial charge in [0.25, 0.3) is 0 Å². The number of anilines is 1. The number of piperidine rings is 1. The van der Waals surface area contributed by atoms with Crippen LogP contribution in [0.2, 0.25) is 0 Å². The average Bonchev–Trinajstić information content (AvgIpc) is 3.31. The van der Waals surface area contributed by atoms with E-state index >= 15 is 0 Å². The van der Waals surface area contributed by atoms with Gasteiger partial charge in [0.1, 0.15) is 23.4 Å². The number of aromatic nitrogens is 3. The van der Waals surface area contributed by atoms with Crippen LogP contribution in [0.1, 0.15) is 52.5 Å². The third-order valence-electron chi connectivity index (χ3n) is 7.93. The lowest BCUT2D eigenvalue weighted by Crippen LogP contribution is -2.46. The van der Waals surface area contributed by atoms with E-state index in [-0.39, 0.29) is 11.3 Å². The summed E-state index contributed by atoms with van der Waals surface area (Å²) in [5.74, 6) is 2.46. The van der Waals surface area contributed by atoms with Gasteiger partial charge in [-0.25, -0.2) is 9.50 Å². The molecule has 8 heteroatoms. The van der Waals surface area contributed by atoms with Crippen LogP contribution in [0.4, 0.5) is 5.82 Å². The number of hydrogen-bond acceptors (Lipinski definition) is 7. The summed E-state index contributed by atoms with van der Waals surface area (Å²) in [6.07, 6.45) is 7.81. The van der Waals surface area contributed by atoms with E-state index < -0.39 is 0 Å². The van der Waals surface area contributed by atoms with E-state index in [4.69, 9.17) is 9.72 Å². The fourth-order valence-corrected chi connectivity index (χ4v) is 5.55. The van der Waals surface area contributed by atoms with Gasteiger partial charge in [-0.3, -0.25) is 4.79 Å². The van der Waals surface area contributed by atoms with Crippen LogP contribution in [0.15, 0.2) is 36.8 Å². The van der Waals surface area contributed by atoms with Crippen molar-refractivity contribution >= 4 is 17.1 Å². The molecule has 0 aliphatic carbocycles. The predicted molar refractivity (Wildman–Crippen MR) is 150 cm³/mol. The van der Waals surface area contributed by atoms with Crippen LogP contribution < -0.4 is 9.64 Å². The molecule has 0 spiro atoms. The molecule has 1 saturated heterocycles. The Hall–Kier alpha value is -3.44. The van der Waals surface area contributed by atoms with Crippen molar-refractivity contribution in [2.45, 2.75) is 47.0 Å². The smallest absolute Gasteiger partial charge is 0.138 e. The number of Topliss-reactive ketones (excluding diaryl/α,β-unsaturated/α-hetero) is 1. The van der Waals surface area contributed by atoms with Crippen molar-refractivity contribution in [3.05, 3.63) is 42.4 Å². The van der Waals surface area contributed by atoms with Crippen molar-refractivity contribution in [2.75, 3.05) is 45.2 Å². The lowest BCUT2D eigenvalue weighted by Gasteiger charge is -2.44. The van der Waals surface area contributed by atoms with Crippen molar-refractivity contribution in [3.8, 4) is 22.9 Å². The highest BCUT2D eigenvalue weighted by atomic mass is 16.5. The summed E-state index contributed by atoms with van der Waals surface area (Å²) in [6.45, 7) is 11.5. The molecule has 0 bridgehead atoms. The number of ether oxygens (including phenoxy) is 1.